The minimum Gasteiger partial charge on any atom is -0.497 e. The SMILES string of the molecule is C=CCn1c(Cc2ccc(OC)cc2)nnc1SCc1ccc(Cl)c(Cl)c1. The van der Waals surface area contributed by atoms with Crippen LogP contribution in [0.25, 0.3) is 0 Å². The van der Waals surface area contributed by atoms with Gasteiger partial charge in [0, 0.05) is 18.7 Å². The summed E-state index contributed by atoms with van der Waals surface area (Å²) in [5.74, 6) is 2.47. The largest absolute Gasteiger partial charge is 0.497 e. The van der Waals surface area contributed by atoms with Gasteiger partial charge in [0.05, 0.1) is 17.2 Å². The third-order valence-electron chi connectivity index (χ3n) is 3.98. The van der Waals surface area contributed by atoms with Crippen LogP contribution in [-0.4, -0.2) is 21.9 Å². The van der Waals surface area contributed by atoms with Crippen LogP contribution < -0.4 is 4.74 Å². The van der Waals surface area contributed by atoms with Gasteiger partial charge in [-0.1, -0.05) is 59.2 Å². The summed E-state index contributed by atoms with van der Waals surface area (Å²) in [5, 5.41) is 10.7. The normalized spacial score (nSPS) is 10.8. The third-order valence-corrected chi connectivity index (χ3v) is 5.76. The van der Waals surface area contributed by atoms with Gasteiger partial charge in [0.1, 0.15) is 11.6 Å². The molecule has 0 saturated heterocycles. The highest BCUT2D eigenvalue weighted by atomic mass is 35.5. The maximum absolute atomic E-state index is 6.10. The van der Waals surface area contributed by atoms with Gasteiger partial charge in [-0.3, -0.25) is 0 Å². The first-order valence-electron chi connectivity index (χ1n) is 8.33. The van der Waals surface area contributed by atoms with Gasteiger partial charge in [0.2, 0.25) is 0 Å². The molecule has 0 aliphatic rings. The van der Waals surface area contributed by atoms with E-state index in [1.165, 1.54) is 0 Å². The van der Waals surface area contributed by atoms with Crippen molar-refractivity contribution in [3.05, 3.63) is 82.1 Å². The Hall–Kier alpha value is -1.95. The predicted molar refractivity (Wildman–Crippen MR) is 112 cm³/mol. The number of hydrogen-bond acceptors (Lipinski definition) is 4. The van der Waals surface area contributed by atoms with Crippen LogP contribution in [0.5, 0.6) is 5.75 Å². The first kappa shape index (κ1) is 19.8. The van der Waals surface area contributed by atoms with Crippen molar-refractivity contribution >= 4 is 35.0 Å². The van der Waals surface area contributed by atoms with Crippen LogP contribution in [0.2, 0.25) is 10.0 Å². The molecule has 0 N–H and O–H groups in total. The second-order valence-electron chi connectivity index (χ2n) is 5.86. The van der Waals surface area contributed by atoms with Crippen molar-refractivity contribution < 1.29 is 4.74 Å². The summed E-state index contributed by atoms with van der Waals surface area (Å²) in [6.07, 6.45) is 2.54. The lowest BCUT2D eigenvalue weighted by atomic mass is 10.1. The lowest BCUT2D eigenvalue weighted by Crippen LogP contribution is -2.05. The zero-order chi connectivity index (χ0) is 19.2. The van der Waals surface area contributed by atoms with Crippen LogP contribution in [0.15, 0.2) is 60.3 Å². The molecule has 3 rings (SSSR count). The van der Waals surface area contributed by atoms with Gasteiger partial charge in [-0.25, -0.2) is 0 Å². The summed E-state index contributed by atoms with van der Waals surface area (Å²) in [6, 6.07) is 13.6. The summed E-state index contributed by atoms with van der Waals surface area (Å²) in [5.41, 5.74) is 2.23. The molecule has 0 amide bonds. The van der Waals surface area contributed by atoms with Crippen molar-refractivity contribution in [2.24, 2.45) is 0 Å². The topological polar surface area (TPSA) is 39.9 Å². The molecule has 3 aromatic rings. The molecule has 0 aliphatic carbocycles. The average Bonchev–Trinajstić information content (AvgIpc) is 3.05. The van der Waals surface area contributed by atoms with Gasteiger partial charge >= 0.3 is 0 Å². The molecule has 1 heterocycles. The van der Waals surface area contributed by atoms with E-state index in [4.69, 9.17) is 27.9 Å². The zero-order valence-corrected chi connectivity index (χ0v) is 17.2. The van der Waals surface area contributed by atoms with Crippen molar-refractivity contribution in [2.45, 2.75) is 23.9 Å². The molecule has 0 unspecified atom stereocenters. The van der Waals surface area contributed by atoms with E-state index >= 15 is 0 Å². The van der Waals surface area contributed by atoms with Crippen LogP contribution >= 0.6 is 35.0 Å². The molecular weight excluding hydrogens is 401 g/mol. The minimum absolute atomic E-state index is 0.557. The second kappa shape index (κ2) is 9.31. The molecule has 2 aromatic carbocycles. The van der Waals surface area contributed by atoms with E-state index in [1.54, 1.807) is 18.9 Å². The highest BCUT2D eigenvalue weighted by Crippen LogP contribution is 2.27. The molecule has 0 saturated carbocycles. The Morgan fingerprint density at radius 1 is 1.07 bits per heavy atom. The molecule has 0 fully saturated rings. The van der Waals surface area contributed by atoms with Crippen LogP contribution in [0.1, 0.15) is 17.0 Å². The molecule has 0 spiro atoms. The molecule has 27 heavy (non-hydrogen) atoms. The Labute approximate surface area is 173 Å². The van der Waals surface area contributed by atoms with Crippen LogP contribution in [-0.2, 0) is 18.7 Å². The zero-order valence-electron chi connectivity index (χ0n) is 14.9. The maximum atomic E-state index is 6.10. The molecule has 4 nitrogen and oxygen atoms in total. The molecule has 0 bridgehead atoms. The predicted octanol–water partition coefficient (Wildman–Crippen LogP) is 5.66. The van der Waals surface area contributed by atoms with E-state index in [-0.39, 0.29) is 0 Å². The summed E-state index contributed by atoms with van der Waals surface area (Å²) in [7, 11) is 1.66. The Morgan fingerprint density at radius 2 is 1.81 bits per heavy atom. The molecule has 1 aromatic heterocycles. The van der Waals surface area contributed by atoms with Crippen molar-refractivity contribution in [3.63, 3.8) is 0 Å². The monoisotopic (exact) mass is 419 g/mol. The van der Waals surface area contributed by atoms with E-state index in [0.717, 1.165) is 33.6 Å². The number of nitrogens with zero attached hydrogens (tertiary/aromatic N) is 3. The van der Waals surface area contributed by atoms with Crippen molar-refractivity contribution in [2.75, 3.05) is 7.11 Å². The standard InChI is InChI=1S/C20H19Cl2N3OS/c1-3-10-25-19(12-14-4-7-16(26-2)8-5-14)23-24-20(25)27-13-15-6-9-17(21)18(22)11-15/h3-9,11H,1,10,12-13H2,2H3. The summed E-state index contributed by atoms with van der Waals surface area (Å²) in [4.78, 5) is 0. The smallest absolute Gasteiger partial charge is 0.191 e. The summed E-state index contributed by atoms with van der Waals surface area (Å²) >= 11 is 13.7. The van der Waals surface area contributed by atoms with E-state index in [1.807, 2.05) is 48.5 Å². The number of halogens is 2. The number of allylic oxidation sites excluding steroid dienone is 1. The fourth-order valence-electron chi connectivity index (χ4n) is 2.57. The number of rotatable bonds is 8. The Bertz CT molecular complexity index is 925. The lowest BCUT2D eigenvalue weighted by Gasteiger charge is -2.08. The Morgan fingerprint density at radius 3 is 2.48 bits per heavy atom. The fraction of sp³-hybridized carbons (Fsp3) is 0.200. The minimum atomic E-state index is 0.557. The third kappa shape index (κ3) is 5.06. The lowest BCUT2D eigenvalue weighted by molar-refractivity contribution is 0.414. The Balaban J connectivity index is 1.75. The number of thioether (sulfide) groups is 1. The van der Waals surface area contributed by atoms with Gasteiger partial charge in [0.15, 0.2) is 5.16 Å². The van der Waals surface area contributed by atoms with E-state index < -0.39 is 0 Å². The van der Waals surface area contributed by atoms with Gasteiger partial charge in [-0.05, 0) is 35.4 Å². The molecule has 7 heteroatoms. The van der Waals surface area contributed by atoms with E-state index in [2.05, 4.69) is 21.3 Å². The van der Waals surface area contributed by atoms with Gasteiger partial charge < -0.3 is 9.30 Å². The van der Waals surface area contributed by atoms with Crippen LogP contribution in [0.4, 0.5) is 0 Å². The summed E-state index contributed by atoms with van der Waals surface area (Å²) < 4.78 is 7.29. The molecule has 140 valence electrons. The van der Waals surface area contributed by atoms with Gasteiger partial charge in [-0.2, -0.15) is 0 Å². The Kier molecular flexibility index (Phi) is 6.83. The first-order chi connectivity index (χ1) is 13.1. The van der Waals surface area contributed by atoms with Crippen molar-refractivity contribution in [1.82, 2.24) is 14.8 Å². The highest BCUT2D eigenvalue weighted by molar-refractivity contribution is 7.98. The quantitative estimate of drug-likeness (QED) is 0.348. The maximum Gasteiger partial charge on any atom is 0.191 e. The van der Waals surface area contributed by atoms with Crippen molar-refractivity contribution in [1.29, 1.82) is 0 Å². The van der Waals surface area contributed by atoms with E-state index in [0.29, 0.717) is 23.0 Å². The van der Waals surface area contributed by atoms with Gasteiger partial charge in [0.25, 0.3) is 0 Å². The highest BCUT2D eigenvalue weighted by Gasteiger charge is 2.13. The second-order valence-corrected chi connectivity index (χ2v) is 7.62. The van der Waals surface area contributed by atoms with Crippen LogP contribution in [0.3, 0.4) is 0 Å². The molecule has 0 atom stereocenters. The first-order valence-corrected chi connectivity index (χ1v) is 10.1. The van der Waals surface area contributed by atoms with Crippen LogP contribution in [0, 0.1) is 0 Å². The molecular formula is C20H19Cl2N3OS. The fourth-order valence-corrected chi connectivity index (χ4v) is 3.80. The number of aromatic nitrogens is 3. The summed E-state index contributed by atoms with van der Waals surface area (Å²) in [6.45, 7) is 4.51. The van der Waals surface area contributed by atoms with Crippen molar-refractivity contribution in [3.8, 4) is 5.75 Å². The molecule has 0 radical (unpaired) electrons. The number of benzene rings is 2. The number of methoxy groups -OCH3 is 1. The average molecular weight is 420 g/mol. The number of ether oxygens (including phenoxy) is 1. The van der Waals surface area contributed by atoms with Gasteiger partial charge in [-0.15, -0.1) is 16.8 Å². The molecule has 0 aliphatic heterocycles. The number of hydrogen-bond donors (Lipinski definition) is 0. The van der Waals surface area contributed by atoms with E-state index in [9.17, 15) is 0 Å².